The predicted octanol–water partition coefficient (Wildman–Crippen LogP) is -1.07. The number of aliphatic hydroxyl groups is 2. The Balaban J connectivity index is -0.000000405. The maximum Gasteiger partial charge on any atom is 0.335 e. The minimum absolute atomic E-state index is 0. The van der Waals surface area contributed by atoms with Gasteiger partial charge >= 0.3 is 5.97 Å². The van der Waals surface area contributed by atoms with E-state index >= 15 is 0 Å². The lowest BCUT2D eigenvalue weighted by Gasteiger charge is -2.18. The maximum atomic E-state index is 10.2. The highest BCUT2D eigenvalue weighted by Crippen LogP contribution is 2.11. The second kappa shape index (κ2) is 5.90. The van der Waals surface area contributed by atoms with E-state index in [0.717, 1.165) is 6.92 Å². The van der Waals surface area contributed by atoms with E-state index in [1.165, 1.54) is 6.92 Å². The van der Waals surface area contributed by atoms with E-state index in [-0.39, 0.29) is 18.0 Å². The summed E-state index contributed by atoms with van der Waals surface area (Å²) in [5, 5.41) is 26.0. The van der Waals surface area contributed by atoms with Gasteiger partial charge in [0.25, 0.3) is 0 Å². The molecule has 0 amide bonds. The summed E-state index contributed by atoms with van der Waals surface area (Å²) in [6, 6.07) is 0. The maximum absolute atomic E-state index is 10.2. The fourth-order valence-electron chi connectivity index (χ4n) is 0.663. The van der Waals surface area contributed by atoms with Gasteiger partial charge in [-0.15, -0.1) is 0 Å². The van der Waals surface area contributed by atoms with E-state index in [9.17, 15) is 4.79 Å². The van der Waals surface area contributed by atoms with Crippen molar-refractivity contribution < 1.29 is 25.6 Å². The number of aliphatic hydroxyl groups excluding tert-OH is 1. The number of carbonyl (C=O) groups is 1. The van der Waals surface area contributed by atoms with Crippen LogP contribution in [0.4, 0.5) is 0 Å². The number of hydrogen-bond acceptors (Lipinski definition) is 4. The summed E-state index contributed by atoms with van der Waals surface area (Å²) in [6.07, 6.45) is -0.950. The zero-order chi connectivity index (χ0) is 8.36. The lowest BCUT2D eigenvalue weighted by molar-refractivity contribution is -0.159. The molecule has 0 spiro atoms. The van der Waals surface area contributed by atoms with Crippen molar-refractivity contribution in [1.29, 1.82) is 0 Å². The van der Waals surface area contributed by atoms with Gasteiger partial charge in [0.2, 0.25) is 0 Å². The molecule has 0 heterocycles. The number of aliphatic carboxylic acids is 1. The van der Waals surface area contributed by atoms with Crippen LogP contribution in [0.3, 0.4) is 0 Å². The lowest BCUT2D eigenvalue weighted by Crippen LogP contribution is -2.37. The molecule has 0 aliphatic carbocycles. The highest BCUT2D eigenvalue weighted by molar-refractivity contribution is 5.76. The molecule has 12 heavy (non-hydrogen) atoms. The van der Waals surface area contributed by atoms with E-state index in [1.807, 2.05) is 0 Å². The Labute approximate surface area is 70.7 Å². The van der Waals surface area contributed by atoms with Gasteiger partial charge in [-0.25, -0.2) is 4.79 Å². The first kappa shape index (κ1) is 17.4. The molecule has 0 saturated carbocycles. The van der Waals surface area contributed by atoms with Gasteiger partial charge in [-0.3, -0.25) is 0 Å². The molecule has 2 atom stereocenters. The molecule has 8 N–H and O–H groups in total. The topological polar surface area (TPSA) is 144 Å². The average Bonchev–Trinajstić information content (AvgIpc) is 1.60. The Morgan fingerprint density at radius 2 is 1.92 bits per heavy atom. The fraction of sp³-hybridized carbons (Fsp3) is 0.833. The molecular weight excluding hydrogens is 166 g/mol. The summed E-state index contributed by atoms with van der Waals surface area (Å²) in [7, 11) is 0. The lowest BCUT2D eigenvalue weighted by atomic mass is 10.00. The number of carboxylic acid groups (broad SMARTS) is 1. The Morgan fingerprint density at radius 3 is 2.00 bits per heavy atom. The van der Waals surface area contributed by atoms with Crippen LogP contribution in [0.5, 0.6) is 0 Å². The van der Waals surface area contributed by atoms with Crippen molar-refractivity contribution in [3.8, 4) is 0 Å². The largest absolute Gasteiger partial charge is 0.479 e. The van der Waals surface area contributed by atoms with Crippen molar-refractivity contribution in [2.24, 2.45) is 0 Å². The molecule has 6 nitrogen and oxygen atoms in total. The van der Waals surface area contributed by atoms with Crippen LogP contribution >= 0.6 is 0 Å². The van der Waals surface area contributed by atoms with Crippen LogP contribution in [0.15, 0.2) is 0 Å². The summed E-state index contributed by atoms with van der Waals surface area (Å²) < 4.78 is 0. The Hall–Kier alpha value is -0.690. The van der Waals surface area contributed by atoms with Crippen LogP contribution < -0.4 is 6.15 Å². The molecule has 0 fully saturated rings. The molecule has 2 unspecified atom stereocenters. The Bertz CT molecular complexity index is 134. The molecule has 0 aromatic carbocycles. The number of hydrogen-bond donors (Lipinski definition) is 4. The molecule has 0 radical (unpaired) electrons. The van der Waals surface area contributed by atoms with E-state index in [1.54, 1.807) is 0 Å². The summed E-state index contributed by atoms with van der Waals surface area (Å²) in [5.41, 5.74) is -1.81. The first-order chi connectivity index (χ1) is 4.36. The molecule has 0 saturated heterocycles. The van der Waals surface area contributed by atoms with Crippen LogP contribution in [-0.2, 0) is 4.79 Å². The molecule has 0 bridgehead atoms. The predicted molar refractivity (Wildman–Crippen MR) is 43.2 cm³/mol. The van der Waals surface area contributed by atoms with Crippen molar-refractivity contribution in [1.82, 2.24) is 6.15 Å². The van der Waals surface area contributed by atoms with Gasteiger partial charge in [0.1, 0.15) is 0 Å². The molecule has 0 aromatic rings. The van der Waals surface area contributed by atoms with E-state index in [2.05, 4.69) is 0 Å². The fourth-order valence-corrected chi connectivity index (χ4v) is 0.663. The average molecular weight is 183 g/mol. The standard InChI is InChI=1S/C6H12O4.H3N.H2O/c1-4(7)3-6(2,10)5(8)9;;/h4,7,10H,3H2,1-2H3,(H,8,9);1H3;1H2. The zero-order valence-corrected chi connectivity index (χ0v) is 7.24. The molecule has 76 valence electrons. The van der Waals surface area contributed by atoms with Crippen molar-refractivity contribution in [3.63, 3.8) is 0 Å². The molecule has 0 aromatic heterocycles. The van der Waals surface area contributed by atoms with Crippen molar-refractivity contribution in [2.75, 3.05) is 0 Å². The minimum Gasteiger partial charge on any atom is -0.479 e. The van der Waals surface area contributed by atoms with Crippen LogP contribution in [0.25, 0.3) is 0 Å². The third kappa shape index (κ3) is 6.05. The van der Waals surface area contributed by atoms with E-state index < -0.39 is 17.7 Å². The molecule has 6 heteroatoms. The second-order valence-corrected chi connectivity index (χ2v) is 2.63. The number of rotatable bonds is 3. The van der Waals surface area contributed by atoms with Gasteiger partial charge in [0.15, 0.2) is 5.60 Å². The highest BCUT2D eigenvalue weighted by atomic mass is 16.4. The van der Waals surface area contributed by atoms with E-state index in [0.29, 0.717) is 0 Å². The van der Waals surface area contributed by atoms with Crippen molar-refractivity contribution >= 4 is 5.97 Å². The molecule has 0 aliphatic heterocycles. The first-order valence-corrected chi connectivity index (χ1v) is 3.00. The second-order valence-electron chi connectivity index (χ2n) is 2.63. The van der Waals surface area contributed by atoms with Crippen LogP contribution in [0, 0.1) is 0 Å². The van der Waals surface area contributed by atoms with Gasteiger partial charge < -0.3 is 26.9 Å². The number of carboxylic acids is 1. The van der Waals surface area contributed by atoms with E-state index in [4.69, 9.17) is 15.3 Å². The quantitative estimate of drug-likeness (QED) is 0.440. The van der Waals surface area contributed by atoms with Gasteiger partial charge in [-0.05, 0) is 13.8 Å². The van der Waals surface area contributed by atoms with Gasteiger partial charge in [0.05, 0.1) is 6.10 Å². The third-order valence-electron chi connectivity index (χ3n) is 1.15. The first-order valence-electron chi connectivity index (χ1n) is 3.00. The van der Waals surface area contributed by atoms with Crippen molar-refractivity contribution in [2.45, 2.75) is 32.0 Å². The molecule has 0 aliphatic rings. The Morgan fingerprint density at radius 1 is 1.58 bits per heavy atom. The molecule has 0 rings (SSSR count). The summed E-state index contributed by atoms with van der Waals surface area (Å²) >= 11 is 0. The van der Waals surface area contributed by atoms with Gasteiger partial charge in [-0.1, -0.05) is 0 Å². The van der Waals surface area contributed by atoms with Gasteiger partial charge in [0, 0.05) is 6.42 Å². The van der Waals surface area contributed by atoms with Crippen molar-refractivity contribution in [3.05, 3.63) is 0 Å². The normalized spacial score (nSPS) is 16.3. The smallest absolute Gasteiger partial charge is 0.335 e. The zero-order valence-electron chi connectivity index (χ0n) is 7.24. The minimum atomic E-state index is -1.81. The molecular formula is C6H17NO5. The van der Waals surface area contributed by atoms with Gasteiger partial charge in [-0.2, -0.15) is 0 Å². The van der Waals surface area contributed by atoms with Crippen LogP contribution in [-0.4, -0.2) is 38.5 Å². The third-order valence-corrected chi connectivity index (χ3v) is 1.15. The van der Waals surface area contributed by atoms with Crippen LogP contribution in [0.1, 0.15) is 20.3 Å². The monoisotopic (exact) mass is 183 g/mol. The summed E-state index contributed by atoms with van der Waals surface area (Å²) in [5.74, 6) is -1.31. The highest BCUT2D eigenvalue weighted by Gasteiger charge is 2.30. The van der Waals surface area contributed by atoms with Crippen LogP contribution in [0.2, 0.25) is 0 Å². The summed E-state index contributed by atoms with van der Waals surface area (Å²) in [4.78, 5) is 10.2. The summed E-state index contributed by atoms with van der Waals surface area (Å²) in [6.45, 7) is 2.58. The Kier molecular flexibility index (Phi) is 8.56. The SMILES string of the molecule is CC(O)CC(C)(O)C(=O)O.N.O.